The van der Waals surface area contributed by atoms with Gasteiger partial charge in [0.25, 0.3) is 0 Å². The zero-order valence-corrected chi connectivity index (χ0v) is 18.4. The Morgan fingerprint density at radius 3 is 1.44 bits per heavy atom. The monoisotopic (exact) mass is 372 g/mol. The van der Waals surface area contributed by atoms with Gasteiger partial charge in [-0.3, -0.25) is 0 Å². The van der Waals surface area contributed by atoms with E-state index in [2.05, 4.69) is 6.92 Å². The van der Waals surface area contributed by atoms with E-state index in [4.69, 9.17) is 4.43 Å². The summed E-state index contributed by atoms with van der Waals surface area (Å²) in [5, 5.41) is 9.24. The standard InChI is InChI=1S/C21H44O3Si/c1-5-6-7-8-9-10-11-12-13-14-15-16-17-18-19-20(21(22)23)24-25(2,3)4/h20H,5-19H2,1-4H3,(H,22,23). The van der Waals surface area contributed by atoms with E-state index in [9.17, 15) is 9.90 Å². The first-order valence-corrected chi connectivity index (χ1v) is 14.2. The Morgan fingerprint density at radius 2 is 1.12 bits per heavy atom. The predicted molar refractivity (Wildman–Crippen MR) is 111 cm³/mol. The molecule has 0 radical (unpaired) electrons. The number of carbonyl (C=O) groups is 1. The molecule has 0 saturated carbocycles. The molecule has 0 fully saturated rings. The van der Waals surface area contributed by atoms with E-state index in [1.54, 1.807) is 0 Å². The van der Waals surface area contributed by atoms with Gasteiger partial charge in [-0.15, -0.1) is 0 Å². The molecule has 1 N–H and O–H groups in total. The zero-order valence-electron chi connectivity index (χ0n) is 17.4. The molecule has 0 aromatic carbocycles. The Kier molecular flexibility index (Phi) is 15.6. The second kappa shape index (κ2) is 15.9. The lowest BCUT2D eigenvalue weighted by atomic mass is 10.0. The number of hydrogen-bond donors (Lipinski definition) is 1. The first-order valence-electron chi connectivity index (χ1n) is 10.8. The fourth-order valence-corrected chi connectivity index (χ4v) is 4.26. The summed E-state index contributed by atoms with van der Waals surface area (Å²) in [6.45, 7) is 8.42. The minimum absolute atomic E-state index is 0.594. The summed E-state index contributed by atoms with van der Waals surface area (Å²) in [5.41, 5.74) is 0. The van der Waals surface area contributed by atoms with E-state index in [0.29, 0.717) is 6.42 Å². The number of aliphatic carboxylic acids is 1. The van der Waals surface area contributed by atoms with Gasteiger partial charge in [0.1, 0.15) is 6.10 Å². The highest BCUT2D eigenvalue weighted by Crippen LogP contribution is 2.16. The number of carboxylic acid groups (broad SMARTS) is 1. The number of hydrogen-bond acceptors (Lipinski definition) is 2. The van der Waals surface area contributed by atoms with Crippen molar-refractivity contribution in [1.29, 1.82) is 0 Å². The summed E-state index contributed by atoms with van der Waals surface area (Å²) >= 11 is 0. The van der Waals surface area contributed by atoms with Gasteiger partial charge in [-0.1, -0.05) is 96.8 Å². The van der Waals surface area contributed by atoms with Crippen molar-refractivity contribution in [2.45, 2.75) is 129 Å². The van der Waals surface area contributed by atoms with Crippen LogP contribution in [0.15, 0.2) is 0 Å². The van der Waals surface area contributed by atoms with E-state index in [0.717, 1.165) is 12.8 Å². The molecular weight excluding hydrogens is 328 g/mol. The third kappa shape index (κ3) is 18.2. The molecule has 0 aromatic rings. The average molecular weight is 373 g/mol. The molecule has 0 spiro atoms. The Balaban J connectivity index is 3.39. The number of unbranched alkanes of at least 4 members (excludes halogenated alkanes) is 13. The van der Waals surface area contributed by atoms with Crippen LogP contribution in [0.25, 0.3) is 0 Å². The highest BCUT2D eigenvalue weighted by atomic mass is 28.4. The Morgan fingerprint density at radius 1 is 0.760 bits per heavy atom. The highest BCUT2D eigenvalue weighted by molar-refractivity contribution is 6.69. The number of carboxylic acids is 1. The van der Waals surface area contributed by atoms with Crippen LogP contribution >= 0.6 is 0 Å². The molecule has 0 aliphatic rings. The molecule has 0 heterocycles. The molecule has 0 bridgehead atoms. The second-order valence-electron chi connectivity index (χ2n) is 8.44. The normalized spacial score (nSPS) is 13.1. The molecule has 25 heavy (non-hydrogen) atoms. The van der Waals surface area contributed by atoms with E-state index in [-0.39, 0.29) is 0 Å². The smallest absolute Gasteiger partial charge is 0.331 e. The second-order valence-corrected chi connectivity index (χ2v) is 12.9. The fourth-order valence-electron chi connectivity index (χ4n) is 3.18. The molecule has 0 saturated heterocycles. The molecule has 4 heteroatoms. The van der Waals surface area contributed by atoms with Crippen LogP contribution < -0.4 is 0 Å². The van der Waals surface area contributed by atoms with Crippen LogP contribution in [-0.4, -0.2) is 25.5 Å². The van der Waals surface area contributed by atoms with Gasteiger partial charge in [-0.2, -0.15) is 0 Å². The summed E-state index contributed by atoms with van der Waals surface area (Å²) < 4.78 is 5.75. The number of rotatable bonds is 18. The molecule has 0 aliphatic carbocycles. The van der Waals surface area contributed by atoms with Gasteiger partial charge in [-0.25, -0.2) is 4.79 Å². The summed E-state index contributed by atoms with van der Waals surface area (Å²) in [7, 11) is -1.77. The molecule has 1 unspecified atom stereocenters. The van der Waals surface area contributed by atoms with Gasteiger partial charge >= 0.3 is 5.97 Å². The quantitative estimate of drug-likeness (QED) is 0.205. The van der Waals surface area contributed by atoms with Gasteiger partial charge in [-0.05, 0) is 26.1 Å². The maximum Gasteiger partial charge on any atom is 0.331 e. The molecule has 3 nitrogen and oxygen atoms in total. The maximum absolute atomic E-state index is 11.2. The van der Waals surface area contributed by atoms with Gasteiger partial charge in [0.05, 0.1) is 0 Å². The predicted octanol–water partition coefficient (Wildman–Crippen LogP) is 7.16. The summed E-state index contributed by atoms with van der Waals surface area (Å²) in [4.78, 5) is 11.2. The molecule has 150 valence electrons. The van der Waals surface area contributed by atoms with Crippen LogP contribution in [-0.2, 0) is 9.22 Å². The minimum atomic E-state index is -1.77. The van der Waals surface area contributed by atoms with Crippen molar-refractivity contribution in [2.75, 3.05) is 0 Å². The lowest BCUT2D eigenvalue weighted by molar-refractivity contribution is -0.145. The van der Waals surface area contributed by atoms with Crippen molar-refractivity contribution >= 4 is 14.3 Å². The molecule has 0 aromatic heterocycles. The average Bonchev–Trinajstić information content (AvgIpc) is 2.52. The first kappa shape index (κ1) is 24.6. The van der Waals surface area contributed by atoms with Gasteiger partial charge < -0.3 is 9.53 Å². The van der Waals surface area contributed by atoms with Crippen LogP contribution in [0.2, 0.25) is 19.6 Å². The molecule has 1 atom stereocenters. The first-order chi connectivity index (χ1) is 11.9. The summed E-state index contributed by atoms with van der Waals surface area (Å²) in [6.07, 6.45) is 18.6. The zero-order chi connectivity index (χ0) is 19.0. The molecule has 0 rings (SSSR count). The Hall–Kier alpha value is -0.353. The molecule has 0 amide bonds. The van der Waals surface area contributed by atoms with Crippen molar-refractivity contribution in [3.63, 3.8) is 0 Å². The van der Waals surface area contributed by atoms with Crippen LogP contribution in [0.4, 0.5) is 0 Å². The van der Waals surface area contributed by atoms with Crippen molar-refractivity contribution < 1.29 is 14.3 Å². The molecule has 0 aliphatic heterocycles. The third-order valence-corrected chi connectivity index (χ3v) is 5.58. The lowest BCUT2D eigenvalue weighted by Crippen LogP contribution is -2.36. The maximum atomic E-state index is 11.2. The van der Waals surface area contributed by atoms with E-state index >= 15 is 0 Å². The van der Waals surface area contributed by atoms with E-state index in [1.165, 1.54) is 77.0 Å². The van der Waals surface area contributed by atoms with Crippen molar-refractivity contribution in [3.05, 3.63) is 0 Å². The lowest BCUT2D eigenvalue weighted by Gasteiger charge is -2.23. The Bertz CT molecular complexity index is 313. The van der Waals surface area contributed by atoms with Crippen LogP contribution in [0, 0.1) is 0 Å². The minimum Gasteiger partial charge on any atom is -0.479 e. The van der Waals surface area contributed by atoms with Crippen LogP contribution in [0.1, 0.15) is 103 Å². The topological polar surface area (TPSA) is 46.5 Å². The Labute approximate surface area is 158 Å². The van der Waals surface area contributed by atoms with Crippen LogP contribution in [0.5, 0.6) is 0 Å². The van der Waals surface area contributed by atoms with Gasteiger partial charge in [0, 0.05) is 0 Å². The van der Waals surface area contributed by atoms with Gasteiger partial charge in [0.15, 0.2) is 8.32 Å². The van der Waals surface area contributed by atoms with Crippen molar-refractivity contribution in [1.82, 2.24) is 0 Å². The van der Waals surface area contributed by atoms with Crippen molar-refractivity contribution in [2.24, 2.45) is 0 Å². The third-order valence-electron chi connectivity index (χ3n) is 4.59. The largest absolute Gasteiger partial charge is 0.479 e. The summed E-state index contributed by atoms with van der Waals surface area (Å²) in [5.74, 6) is -0.794. The highest BCUT2D eigenvalue weighted by Gasteiger charge is 2.25. The van der Waals surface area contributed by atoms with E-state index in [1.807, 2.05) is 19.6 Å². The fraction of sp³-hybridized carbons (Fsp3) is 0.952. The van der Waals surface area contributed by atoms with E-state index < -0.39 is 20.4 Å². The SMILES string of the molecule is CCCCCCCCCCCCCCCCC(O[Si](C)(C)C)C(=O)O. The van der Waals surface area contributed by atoms with Crippen molar-refractivity contribution in [3.8, 4) is 0 Å². The molecular formula is C21H44O3Si. The summed E-state index contributed by atoms with van der Waals surface area (Å²) in [6, 6.07) is 0. The van der Waals surface area contributed by atoms with Crippen LogP contribution in [0.3, 0.4) is 0 Å². The van der Waals surface area contributed by atoms with Gasteiger partial charge in [0.2, 0.25) is 0 Å².